The Morgan fingerprint density at radius 3 is 2.89 bits per heavy atom. The molecule has 0 spiro atoms. The first-order valence-electron chi connectivity index (χ1n) is 5.48. The van der Waals surface area contributed by atoms with Gasteiger partial charge in [0.2, 0.25) is 5.89 Å². The van der Waals surface area contributed by atoms with Gasteiger partial charge in [-0.05, 0) is 19.9 Å². The van der Waals surface area contributed by atoms with Gasteiger partial charge in [0.15, 0.2) is 0 Å². The number of anilines is 1. The molecule has 5 nitrogen and oxygen atoms in total. The minimum Gasteiger partial charge on any atom is -0.444 e. The van der Waals surface area contributed by atoms with Crippen LogP contribution in [-0.2, 0) is 6.54 Å². The molecule has 0 radical (unpaired) electrons. The van der Waals surface area contributed by atoms with E-state index in [1.807, 2.05) is 13.8 Å². The average molecular weight is 262 g/mol. The maximum Gasteiger partial charge on any atom is 0.213 e. The summed E-state index contributed by atoms with van der Waals surface area (Å²) in [6, 6.07) is 1.77. The van der Waals surface area contributed by atoms with Crippen molar-refractivity contribution < 1.29 is 4.42 Å². The Kier molecular flexibility index (Phi) is 3.57. The van der Waals surface area contributed by atoms with Crippen molar-refractivity contribution in [3.63, 3.8) is 0 Å². The van der Waals surface area contributed by atoms with E-state index in [1.165, 1.54) is 0 Å². The molecular weight excluding hydrogens is 248 g/mol. The van der Waals surface area contributed by atoms with Gasteiger partial charge in [-0.25, -0.2) is 4.98 Å². The zero-order valence-corrected chi connectivity index (χ0v) is 11.0. The molecule has 94 valence electrons. The summed E-state index contributed by atoms with van der Waals surface area (Å²) in [5.41, 5.74) is 8.07. The van der Waals surface area contributed by atoms with Gasteiger partial charge in [0.05, 0.1) is 24.1 Å². The van der Waals surface area contributed by atoms with E-state index in [-0.39, 0.29) is 0 Å². The number of pyridine rings is 1. The molecule has 2 aromatic rings. The second kappa shape index (κ2) is 5.14. The monoisotopic (exact) mass is 262 g/mol. The van der Waals surface area contributed by atoms with Crippen molar-refractivity contribution in [3.8, 4) is 0 Å². The summed E-state index contributed by atoms with van der Waals surface area (Å²) < 4.78 is 5.48. The second-order valence-electron chi connectivity index (χ2n) is 3.89. The van der Waals surface area contributed by atoms with Crippen molar-refractivity contribution in [1.29, 1.82) is 0 Å². The molecule has 2 rings (SSSR count). The molecule has 0 aliphatic heterocycles. The quantitative estimate of drug-likeness (QED) is 0.820. The number of nitrogens with two attached hydrogens (primary N) is 1. The third-order valence-electron chi connectivity index (χ3n) is 2.59. The Bertz CT molecular complexity index is 560. The molecule has 0 unspecified atom stereocenters. The first-order chi connectivity index (χ1) is 8.58. The lowest BCUT2D eigenvalue weighted by Crippen LogP contribution is -2.13. The van der Waals surface area contributed by atoms with Crippen molar-refractivity contribution in [2.75, 3.05) is 5.32 Å². The van der Waals surface area contributed by atoms with Gasteiger partial charge >= 0.3 is 0 Å². The topological polar surface area (TPSA) is 77.0 Å². The van der Waals surface area contributed by atoms with Crippen LogP contribution in [0.25, 0.3) is 0 Å². The fourth-order valence-corrected chi connectivity index (χ4v) is 1.71. The van der Waals surface area contributed by atoms with Crippen LogP contribution in [-0.4, -0.2) is 15.0 Å². The van der Waals surface area contributed by atoms with Gasteiger partial charge in [-0.3, -0.25) is 4.98 Å². The second-order valence-corrected chi connectivity index (χ2v) is 4.33. The lowest BCUT2D eigenvalue weighted by atomic mass is 10.2. The van der Waals surface area contributed by atoms with Crippen molar-refractivity contribution in [2.45, 2.75) is 20.4 Å². The average Bonchev–Trinajstić information content (AvgIpc) is 2.66. The molecule has 0 bridgehead atoms. The summed E-state index contributed by atoms with van der Waals surface area (Å²) in [5.74, 6) is 1.45. The number of nitrogens with zero attached hydrogens (tertiary/aromatic N) is 2. The van der Waals surface area contributed by atoms with Gasteiger partial charge in [0.1, 0.15) is 10.7 Å². The zero-order chi connectivity index (χ0) is 13.1. The standard InChI is InChI=1S/C12H14N4OS/c1-7-8(2)17-11(16-7)6-15-10-5-14-4-3-9(10)12(13)18/h3-5,15H,6H2,1-2H3,(H2,13,18). The molecule has 0 aromatic carbocycles. The lowest BCUT2D eigenvalue weighted by molar-refractivity contribution is 0.478. The van der Waals surface area contributed by atoms with Crippen LogP contribution in [0.1, 0.15) is 22.9 Å². The van der Waals surface area contributed by atoms with Crippen molar-refractivity contribution in [2.24, 2.45) is 5.73 Å². The van der Waals surface area contributed by atoms with E-state index in [9.17, 15) is 0 Å². The number of hydrogen-bond donors (Lipinski definition) is 2. The Labute approximate surface area is 110 Å². The maximum absolute atomic E-state index is 5.64. The van der Waals surface area contributed by atoms with Gasteiger partial charge in [0.25, 0.3) is 0 Å². The minimum atomic E-state index is 0.333. The van der Waals surface area contributed by atoms with Crippen molar-refractivity contribution in [1.82, 2.24) is 9.97 Å². The highest BCUT2D eigenvalue weighted by Gasteiger charge is 2.08. The third kappa shape index (κ3) is 2.65. The Morgan fingerprint density at radius 1 is 1.50 bits per heavy atom. The summed E-state index contributed by atoms with van der Waals surface area (Å²) in [6.07, 6.45) is 3.33. The number of oxazole rings is 1. The molecule has 0 atom stereocenters. The van der Waals surface area contributed by atoms with Gasteiger partial charge in [-0.2, -0.15) is 0 Å². The van der Waals surface area contributed by atoms with E-state index in [1.54, 1.807) is 18.5 Å². The third-order valence-corrected chi connectivity index (χ3v) is 2.81. The molecule has 0 saturated heterocycles. The van der Waals surface area contributed by atoms with Crippen LogP contribution >= 0.6 is 12.2 Å². The van der Waals surface area contributed by atoms with E-state index < -0.39 is 0 Å². The van der Waals surface area contributed by atoms with Crippen LogP contribution in [0.5, 0.6) is 0 Å². The van der Waals surface area contributed by atoms with E-state index in [2.05, 4.69) is 15.3 Å². The largest absolute Gasteiger partial charge is 0.444 e. The Morgan fingerprint density at radius 2 is 2.28 bits per heavy atom. The highest BCUT2D eigenvalue weighted by molar-refractivity contribution is 7.80. The van der Waals surface area contributed by atoms with Crippen LogP contribution in [0.2, 0.25) is 0 Å². The van der Waals surface area contributed by atoms with Crippen LogP contribution in [0.3, 0.4) is 0 Å². The molecule has 3 N–H and O–H groups in total. The highest BCUT2D eigenvalue weighted by Crippen LogP contribution is 2.15. The maximum atomic E-state index is 5.64. The van der Waals surface area contributed by atoms with Crippen LogP contribution < -0.4 is 11.1 Å². The highest BCUT2D eigenvalue weighted by atomic mass is 32.1. The number of hydrogen-bond acceptors (Lipinski definition) is 5. The predicted octanol–water partition coefficient (Wildman–Crippen LogP) is 1.93. The lowest BCUT2D eigenvalue weighted by Gasteiger charge is -2.08. The molecule has 0 aliphatic carbocycles. The Hall–Kier alpha value is -1.95. The van der Waals surface area contributed by atoms with Crippen LogP contribution in [0, 0.1) is 13.8 Å². The summed E-state index contributed by atoms with van der Waals surface area (Å²) in [5, 5.41) is 3.17. The summed E-state index contributed by atoms with van der Waals surface area (Å²) in [4.78, 5) is 8.65. The van der Waals surface area contributed by atoms with E-state index in [4.69, 9.17) is 22.4 Å². The van der Waals surface area contributed by atoms with Gasteiger partial charge in [0, 0.05) is 11.8 Å². The minimum absolute atomic E-state index is 0.333. The molecule has 0 saturated carbocycles. The fraction of sp³-hybridized carbons (Fsp3) is 0.250. The smallest absolute Gasteiger partial charge is 0.213 e. The molecule has 0 aliphatic rings. The molecular formula is C12H14N4OS. The molecule has 0 fully saturated rings. The first-order valence-corrected chi connectivity index (χ1v) is 5.89. The number of rotatable bonds is 4. The van der Waals surface area contributed by atoms with Gasteiger partial charge in [-0.1, -0.05) is 12.2 Å². The summed E-state index contributed by atoms with van der Waals surface area (Å²) >= 11 is 4.98. The van der Waals surface area contributed by atoms with Crippen LogP contribution in [0.4, 0.5) is 5.69 Å². The van der Waals surface area contributed by atoms with Gasteiger partial charge in [-0.15, -0.1) is 0 Å². The first kappa shape index (κ1) is 12.5. The SMILES string of the molecule is Cc1nc(CNc2cnccc2C(N)=S)oc1C. The number of thiocarbonyl (C=S) groups is 1. The molecule has 2 aromatic heterocycles. The summed E-state index contributed by atoms with van der Waals surface area (Å²) in [6.45, 7) is 4.26. The van der Waals surface area contributed by atoms with E-state index in [0.29, 0.717) is 17.4 Å². The molecule has 0 amide bonds. The molecule has 18 heavy (non-hydrogen) atoms. The van der Waals surface area contributed by atoms with Gasteiger partial charge < -0.3 is 15.5 Å². The summed E-state index contributed by atoms with van der Waals surface area (Å²) in [7, 11) is 0. The predicted molar refractivity (Wildman–Crippen MR) is 73.4 cm³/mol. The number of nitrogens with one attached hydrogen (secondary N) is 1. The number of aromatic nitrogens is 2. The van der Waals surface area contributed by atoms with E-state index in [0.717, 1.165) is 22.7 Å². The Balaban J connectivity index is 2.13. The normalized spacial score (nSPS) is 10.3. The molecule has 2 heterocycles. The van der Waals surface area contributed by atoms with Crippen molar-refractivity contribution in [3.05, 3.63) is 41.4 Å². The molecule has 6 heteroatoms. The van der Waals surface area contributed by atoms with Crippen LogP contribution in [0.15, 0.2) is 22.9 Å². The van der Waals surface area contributed by atoms with E-state index >= 15 is 0 Å². The fourth-order valence-electron chi connectivity index (χ4n) is 1.54. The zero-order valence-electron chi connectivity index (χ0n) is 10.2. The number of aryl methyl sites for hydroxylation is 2. The van der Waals surface area contributed by atoms with Crippen molar-refractivity contribution >= 4 is 22.9 Å².